The third-order valence-corrected chi connectivity index (χ3v) is 5.56. The molecule has 0 aliphatic rings. The van der Waals surface area contributed by atoms with Crippen LogP contribution in [0.5, 0.6) is 11.5 Å². The minimum atomic E-state index is -0.760. The Bertz CT molecular complexity index is 1420. The number of halogens is 2. The van der Waals surface area contributed by atoms with Gasteiger partial charge in [0.25, 0.3) is 5.91 Å². The van der Waals surface area contributed by atoms with Crippen molar-refractivity contribution in [2.75, 3.05) is 0 Å². The fourth-order valence-electron chi connectivity index (χ4n) is 3.24. The molecular weight excluding hydrogens is 487 g/mol. The molecule has 0 bridgehead atoms. The molecule has 0 heterocycles. The van der Waals surface area contributed by atoms with Crippen LogP contribution in [0.1, 0.15) is 22.8 Å². The standard InChI is InChI=1S/C27H20Cl2N2O4/c1-17(34-23-11-9-19-6-2-3-7-20(19)14-23)26(32)31-30-16-18-5-4-8-22(13-18)35-27(33)24-12-10-21(28)15-25(24)29/h2-17H,1H3,(H,31,32)/b30-16-/t17-/m1/s1. The number of benzene rings is 4. The molecule has 6 nitrogen and oxygen atoms in total. The minimum Gasteiger partial charge on any atom is -0.481 e. The summed E-state index contributed by atoms with van der Waals surface area (Å²) in [7, 11) is 0. The number of nitrogens with one attached hydrogen (secondary N) is 1. The van der Waals surface area contributed by atoms with Crippen LogP contribution in [0.3, 0.4) is 0 Å². The highest BCUT2D eigenvalue weighted by Gasteiger charge is 2.15. The number of nitrogens with zero attached hydrogens (tertiary/aromatic N) is 1. The highest BCUT2D eigenvalue weighted by atomic mass is 35.5. The van der Waals surface area contributed by atoms with Crippen LogP contribution >= 0.6 is 23.2 Å². The number of fused-ring (bicyclic) bond motifs is 1. The van der Waals surface area contributed by atoms with Crippen molar-refractivity contribution in [3.63, 3.8) is 0 Å². The summed E-state index contributed by atoms with van der Waals surface area (Å²) in [4.78, 5) is 24.8. The summed E-state index contributed by atoms with van der Waals surface area (Å²) in [5, 5.41) is 6.70. The summed E-state index contributed by atoms with van der Waals surface area (Å²) < 4.78 is 11.1. The van der Waals surface area contributed by atoms with E-state index in [1.807, 2.05) is 42.5 Å². The Labute approximate surface area is 212 Å². The van der Waals surface area contributed by atoms with Gasteiger partial charge in [0.05, 0.1) is 16.8 Å². The average molecular weight is 507 g/mol. The SMILES string of the molecule is C[C@@H](Oc1ccc2ccccc2c1)C(=O)N/N=C\c1cccc(OC(=O)c2ccc(Cl)cc2Cl)c1. The van der Waals surface area contributed by atoms with E-state index in [2.05, 4.69) is 10.5 Å². The lowest BCUT2D eigenvalue weighted by atomic mass is 10.1. The molecule has 176 valence electrons. The van der Waals surface area contributed by atoms with Crippen LogP contribution in [0, 0.1) is 0 Å². The van der Waals surface area contributed by atoms with Crippen molar-refractivity contribution < 1.29 is 19.1 Å². The molecule has 0 saturated carbocycles. The number of amides is 1. The van der Waals surface area contributed by atoms with Crippen LogP contribution in [0.15, 0.2) is 90.0 Å². The molecule has 0 fully saturated rings. The van der Waals surface area contributed by atoms with E-state index in [0.29, 0.717) is 22.1 Å². The number of hydrogen-bond acceptors (Lipinski definition) is 5. The topological polar surface area (TPSA) is 77.0 Å². The molecule has 1 atom stereocenters. The zero-order chi connectivity index (χ0) is 24.8. The Kier molecular flexibility index (Phi) is 7.65. The molecular formula is C27H20Cl2N2O4. The number of carbonyl (C=O) groups excluding carboxylic acids is 2. The smallest absolute Gasteiger partial charge is 0.345 e. The molecule has 4 aromatic rings. The third kappa shape index (κ3) is 6.38. The van der Waals surface area contributed by atoms with Crippen molar-refractivity contribution in [3.8, 4) is 11.5 Å². The monoisotopic (exact) mass is 506 g/mol. The molecule has 4 aromatic carbocycles. The molecule has 1 N–H and O–H groups in total. The van der Waals surface area contributed by atoms with Crippen LogP contribution in [0.25, 0.3) is 10.8 Å². The molecule has 8 heteroatoms. The quantitative estimate of drug-likeness (QED) is 0.138. The summed E-state index contributed by atoms with van der Waals surface area (Å²) in [5.74, 6) is -0.141. The van der Waals surface area contributed by atoms with Crippen LogP contribution in [0.2, 0.25) is 10.0 Å². The maximum Gasteiger partial charge on any atom is 0.345 e. The number of hydrogen-bond donors (Lipinski definition) is 1. The van der Waals surface area contributed by atoms with Crippen LogP contribution in [0.4, 0.5) is 0 Å². The molecule has 4 rings (SSSR count). The lowest BCUT2D eigenvalue weighted by Gasteiger charge is -2.13. The van der Waals surface area contributed by atoms with E-state index in [-0.39, 0.29) is 10.6 Å². The van der Waals surface area contributed by atoms with E-state index >= 15 is 0 Å². The lowest BCUT2D eigenvalue weighted by molar-refractivity contribution is -0.127. The van der Waals surface area contributed by atoms with Gasteiger partial charge in [-0.2, -0.15) is 5.10 Å². The molecule has 0 aliphatic heterocycles. The average Bonchev–Trinajstić information content (AvgIpc) is 2.84. The normalized spacial score (nSPS) is 11.9. The van der Waals surface area contributed by atoms with Crippen molar-refractivity contribution in [2.45, 2.75) is 13.0 Å². The highest BCUT2D eigenvalue weighted by Crippen LogP contribution is 2.23. The van der Waals surface area contributed by atoms with E-state index in [1.165, 1.54) is 18.3 Å². The van der Waals surface area contributed by atoms with Gasteiger partial charge in [0.15, 0.2) is 6.10 Å². The van der Waals surface area contributed by atoms with Gasteiger partial charge in [0.1, 0.15) is 11.5 Å². The summed E-state index contributed by atoms with van der Waals surface area (Å²) in [5.41, 5.74) is 3.26. The van der Waals surface area contributed by atoms with Gasteiger partial charge >= 0.3 is 5.97 Å². The van der Waals surface area contributed by atoms with Crippen molar-refractivity contribution in [3.05, 3.63) is 106 Å². The molecule has 35 heavy (non-hydrogen) atoms. The van der Waals surface area contributed by atoms with Crippen molar-refractivity contribution in [1.29, 1.82) is 0 Å². The van der Waals surface area contributed by atoms with Gasteiger partial charge in [-0.3, -0.25) is 4.79 Å². The first-order chi connectivity index (χ1) is 16.9. The molecule has 0 aliphatic carbocycles. The molecule has 0 aromatic heterocycles. The first kappa shape index (κ1) is 24.3. The van der Waals surface area contributed by atoms with E-state index < -0.39 is 18.0 Å². The fourth-order valence-corrected chi connectivity index (χ4v) is 3.72. The van der Waals surface area contributed by atoms with Gasteiger partial charge in [-0.25, -0.2) is 10.2 Å². The molecule has 0 unspecified atom stereocenters. The van der Waals surface area contributed by atoms with Gasteiger partial charge in [-0.1, -0.05) is 65.7 Å². The highest BCUT2D eigenvalue weighted by molar-refractivity contribution is 6.36. The lowest BCUT2D eigenvalue weighted by Crippen LogP contribution is -2.33. The zero-order valence-corrected chi connectivity index (χ0v) is 20.1. The van der Waals surface area contributed by atoms with Gasteiger partial charge in [-0.05, 0) is 65.7 Å². The third-order valence-electron chi connectivity index (χ3n) is 5.01. The van der Waals surface area contributed by atoms with E-state index in [9.17, 15) is 9.59 Å². The zero-order valence-electron chi connectivity index (χ0n) is 18.6. The van der Waals surface area contributed by atoms with Crippen molar-refractivity contribution in [1.82, 2.24) is 5.43 Å². The Hall–Kier alpha value is -3.87. The Morgan fingerprint density at radius 2 is 1.69 bits per heavy atom. The molecule has 1 amide bonds. The van der Waals surface area contributed by atoms with E-state index in [4.69, 9.17) is 32.7 Å². The number of hydrazone groups is 1. The van der Waals surface area contributed by atoms with Crippen LogP contribution < -0.4 is 14.9 Å². The number of carbonyl (C=O) groups is 2. The van der Waals surface area contributed by atoms with Gasteiger partial charge in [0.2, 0.25) is 0 Å². The second kappa shape index (κ2) is 11.0. The van der Waals surface area contributed by atoms with E-state index in [1.54, 1.807) is 37.3 Å². The predicted octanol–water partition coefficient (Wildman–Crippen LogP) is 6.28. The Morgan fingerprint density at radius 3 is 2.49 bits per heavy atom. The molecule has 0 spiro atoms. The maximum atomic E-state index is 12.4. The summed E-state index contributed by atoms with van der Waals surface area (Å²) in [6.45, 7) is 1.64. The first-order valence-electron chi connectivity index (χ1n) is 10.6. The second-order valence-electron chi connectivity index (χ2n) is 7.59. The van der Waals surface area contributed by atoms with Crippen molar-refractivity contribution >= 4 is 52.1 Å². The van der Waals surface area contributed by atoms with Gasteiger partial charge < -0.3 is 9.47 Å². The molecule has 0 radical (unpaired) electrons. The maximum absolute atomic E-state index is 12.4. The molecule has 0 saturated heterocycles. The number of rotatable bonds is 7. The number of ether oxygens (including phenoxy) is 2. The van der Waals surface area contributed by atoms with Gasteiger partial charge in [-0.15, -0.1) is 0 Å². The minimum absolute atomic E-state index is 0.197. The fraction of sp³-hybridized carbons (Fsp3) is 0.0741. The second-order valence-corrected chi connectivity index (χ2v) is 8.43. The first-order valence-corrected chi connectivity index (χ1v) is 11.4. The summed E-state index contributed by atoms with van der Waals surface area (Å²) in [6, 6.07) is 24.7. The van der Waals surface area contributed by atoms with Crippen LogP contribution in [-0.4, -0.2) is 24.2 Å². The predicted molar refractivity (Wildman–Crippen MR) is 138 cm³/mol. The summed E-state index contributed by atoms with van der Waals surface area (Å²) in [6.07, 6.45) is 0.678. The Balaban J connectivity index is 1.34. The Morgan fingerprint density at radius 1 is 0.886 bits per heavy atom. The largest absolute Gasteiger partial charge is 0.481 e. The van der Waals surface area contributed by atoms with E-state index in [0.717, 1.165) is 10.8 Å². The van der Waals surface area contributed by atoms with Gasteiger partial charge in [0, 0.05) is 5.02 Å². The number of esters is 1. The summed E-state index contributed by atoms with van der Waals surface area (Å²) >= 11 is 11.9. The van der Waals surface area contributed by atoms with Crippen molar-refractivity contribution in [2.24, 2.45) is 5.10 Å². The van der Waals surface area contributed by atoms with Crippen LogP contribution in [-0.2, 0) is 4.79 Å².